The van der Waals surface area contributed by atoms with Crippen LogP contribution in [0.3, 0.4) is 0 Å². The van der Waals surface area contributed by atoms with Crippen LogP contribution in [0.15, 0.2) is 134 Å². The second-order valence-electron chi connectivity index (χ2n) is 19.2. The first-order chi connectivity index (χ1) is 36.0. The summed E-state index contributed by atoms with van der Waals surface area (Å²) in [5, 5.41) is 0. The molecule has 73 heavy (non-hydrogen) atoms. The normalized spacial score (nSPS) is 13.1. The third kappa shape index (κ3) is 58.3. The van der Waals surface area contributed by atoms with Gasteiger partial charge in [0.15, 0.2) is 6.10 Å². The molecule has 0 aliphatic rings. The van der Waals surface area contributed by atoms with Gasteiger partial charge in [0, 0.05) is 19.3 Å². The zero-order valence-corrected chi connectivity index (χ0v) is 47.1. The molecule has 0 radical (unpaired) electrons. The fraction of sp³-hybridized carbons (Fsp3) is 0.627. The lowest BCUT2D eigenvalue weighted by Crippen LogP contribution is -2.30. The van der Waals surface area contributed by atoms with Gasteiger partial charge in [-0.3, -0.25) is 14.4 Å². The van der Waals surface area contributed by atoms with Crippen LogP contribution in [0.5, 0.6) is 0 Å². The maximum atomic E-state index is 12.9. The van der Waals surface area contributed by atoms with Gasteiger partial charge in [0.2, 0.25) is 0 Å². The van der Waals surface area contributed by atoms with Crippen molar-refractivity contribution < 1.29 is 28.6 Å². The Bertz CT molecular complexity index is 1580. The average molecular weight is 1010 g/mol. The van der Waals surface area contributed by atoms with Gasteiger partial charge in [0.25, 0.3) is 0 Å². The molecule has 1 unspecified atom stereocenters. The Morgan fingerprint density at radius 2 is 0.548 bits per heavy atom. The Hall–Kier alpha value is -4.45. The maximum absolute atomic E-state index is 12.9. The molecule has 0 amide bonds. The molecule has 0 fully saturated rings. The molecule has 0 aromatic heterocycles. The summed E-state index contributed by atoms with van der Waals surface area (Å²) in [6.45, 7) is 6.40. The minimum Gasteiger partial charge on any atom is -0.462 e. The van der Waals surface area contributed by atoms with E-state index < -0.39 is 6.10 Å². The van der Waals surface area contributed by atoms with Crippen LogP contribution < -0.4 is 0 Å². The van der Waals surface area contributed by atoms with E-state index in [1.54, 1.807) is 0 Å². The number of ether oxygens (including phenoxy) is 3. The largest absolute Gasteiger partial charge is 0.462 e. The van der Waals surface area contributed by atoms with E-state index in [9.17, 15) is 14.4 Å². The van der Waals surface area contributed by atoms with Crippen LogP contribution in [0.1, 0.15) is 252 Å². The molecule has 412 valence electrons. The predicted octanol–water partition coefficient (Wildman–Crippen LogP) is 20.2. The molecule has 0 bridgehead atoms. The van der Waals surface area contributed by atoms with E-state index >= 15 is 0 Å². The van der Waals surface area contributed by atoms with Gasteiger partial charge in [-0.2, -0.15) is 0 Å². The standard InChI is InChI=1S/C67H108O6/c1-4-7-10-13-16-19-22-24-26-28-29-30-31-32-33-34-35-36-37-39-40-42-45-48-51-54-57-60-66(69)72-63-64(62-71-65(68)59-56-53-50-47-44-21-18-15-12-9-6-3)73-67(70)61-58-55-52-49-46-43-41-38-27-25-23-20-17-14-11-8-5-2/h7,10,15-20,24-27,29-30,32-33,35-36,39-40,45,48,64H,4-6,8-9,11-14,21-23,28,31,34,37-38,41-44,46-47,49-63H2,1-3H3/b10-7-,18-15-,19-16-,20-17-,26-24-,27-25-,30-29-,33-32-,36-35-,40-39-,48-45-. The van der Waals surface area contributed by atoms with Crippen molar-refractivity contribution in [3.05, 3.63) is 134 Å². The van der Waals surface area contributed by atoms with Gasteiger partial charge < -0.3 is 14.2 Å². The smallest absolute Gasteiger partial charge is 0.306 e. The van der Waals surface area contributed by atoms with Crippen molar-refractivity contribution >= 4 is 17.9 Å². The summed E-state index contributed by atoms with van der Waals surface area (Å²) >= 11 is 0. The summed E-state index contributed by atoms with van der Waals surface area (Å²) in [5.41, 5.74) is 0. The number of rotatable bonds is 52. The molecule has 0 aromatic carbocycles. The van der Waals surface area contributed by atoms with Gasteiger partial charge in [-0.15, -0.1) is 0 Å². The number of allylic oxidation sites excluding steroid dienone is 22. The van der Waals surface area contributed by atoms with Gasteiger partial charge in [0.1, 0.15) is 13.2 Å². The van der Waals surface area contributed by atoms with E-state index in [-0.39, 0.29) is 31.1 Å². The molecule has 0 spiro atoms. The van der Waals surface area contributed by atoms with Crippen molar-refractivity contribution in [1.29, 1.82) is 0 Å². The summed E-state index contributed by atoms with van der Waals surface area (Å²) in [6, 6.07) is 0. The van der Waals surface area contributed by atoms with E-state index in [0.29, 0.717) is 25.7 Å². The molecule has 0 saturated heterocycles. The van der Waals surface area contributed by atoms with Gasteiger partial charge in [-0.05, 0) is 135 Å². The Morgan fingerprint density at radius 3 is 0.918 bits per heavy atom. The molecule has 1 atom stereocenters. The maximum Gasteiger partial charge on any atom is 0.306 e. The Kier molecular flexibility index (Phi) is 56.4. The van der Waals surface area contributed by atoms with Crippen LogP contribution in [-0.2, 0) is 28.6 Å². The van der Waals surface area contributed by atoms with Crippen LogP contribution in [0.4, 0.5) is 0 Å². The van der Waals surface area contributed by atoms with Crippen LogP contribution >= 0.6 is 0 Å². The van der Waals surface area contributed by atoms with Crippen molar-refractivity contribution in [3.8, 4) is 0 Å². The zero-order valence-electron chi connectivity index (χ0n) is 47.1. The molecule has 0 rings (SSSR count). The van der Waals surface area contributed by atoms with Gasteiger partial charge in [-0.25, -0.2) is 0 Å². The van der Waals surface area contributed by atoms with E-state index in [2.05, 4.69) is 154 Å². The molecule has 0 aliphatic heterocycles. The number of hydrogen-bond donors (Lipinski definition) is 0. The average Bonchev–Trinajstić information content (AvgIpc) is 3.39. The first-order valence-electron chi connectivity index (χ1n) is 29.7. The van der Waals surface area contributed by atoms with Crippen molar-refractivity contribution in [2.75, 3.05) is 13.2 Å². The van der Waals surface area contributed by atoms with Gasteiger partial charge in [0.05, 0.1) is 0 Å². The third-order valence-electron chi connectivity index (χ3n) is 12.1. The highest BCUT2D eigenvalue weighted by Gasteiger charge is 2.19. The minimum absolute atomic E-state index is 0.103. The Labute approximate surface area is 449 Å². The molecule has 0 heterocycles. The third-order valence-corrected chi connectivity index (χ3v) is 12.1. The molecule has 6 nitrogen and oxygen atoms in total. The topological polar surface area (TPSA) is 78.9 Å². The molecule has 0 aliphatic carbocycles. The summed E-state index contributed by atoms with van der Waals surface area (Å²) in [6.07, 6.45) is 84.5. The SMILES string of the molecule is CC/C=C\C/C=C\C/C=C\C/C=C\C/C=C\C/C=C\C/C=C\C/C=C\CCCCC(=O)OCC(COC(=O)CCCCCCC/C=C\CCCC)OC(=O)CCCCCCCCC/C=C\C/C=C\CCCCC. The van der Waals surface area contributed by atoms with E-state index in [1.165, 1.54) is 77.0 Å². The fourth-order valence-corrected chi connectivity index (χ4v) is 7.64. The molecule has 0 aromatic rings. The highest BCUT2D eigenvalue weighted by atomic mass is 16.6. The fourth-order valence-electron chi connectivity index (χ4n) is 7.64. The molecule has 0 N–H and O–H groups in total. The van der Waals surface area contributed by atoms with Crippen LogP contribution in [0, 0.1) is 0 Å². The quantitative estimate of drug-likeness (QED) is 0.0261. The number of unbranched alkanes of at least 4 members (excludes halogenated alkanes) is 19. The lowest BCUT2D eigenvalue weighted by atomic mass is 10.1. The summed E-state index contributed by atoms with van der Waals surface area (Å²) in [5.74, 6) is -0.970. The lowest BCUT2D eigenvalue weighted by Gasteiger charge is -2.18. The predicted molar refractivity (Wildman–Crippen MR) is 316 cm³/mol. The first kappa shape index (κ1) is 68.6. The highest BCUT2D eigenvalue weighted by molar-refractivity contribution is 5.71. The number of esters is 3. The summed E-state index contributed by atoms with van der Waals surface area (Å²) in [7, 11) is 0. The van der Waals surface area contributed by atoms with Crippen molar-refractivity contribution in [1.82, 2.24) is 0 Å². The van der Waals surface area contributed by atoms with E-state index in [4.69, 9.17) is 14.2 Å². The van der Waals surface area contributed by atoms with E-state index in [1.807, 2.05) is 0 Å². The van der Waals surface area contributed by atoms with Crippen molar-refractivity contribution in [2.24, 2.45) is 0 Å². The van der Waals surface area contributed by atoms with Crippen LogP contribution in [0.25, 0.3) is 0 Å². The summed E-state index contributed by atoms with van der Waals surface area (Å²) < 4.78 is 16.8. The lowest BCUT2D eigenvalue weighted by molar-refractivity contribution is -0.167. The monoisotopic (exact) mass is 1010 g/mol. The van der Waals surface area contributed by atoms with Crippen molar-refractivity contribution in [3.63, 3.8) is 0 Å². The zero-order chi connectivity index (χ0) is 52.9. The number of carbonyl (C=O) groups is 3. The summed E-state index contributed by atoms with van der Waals surface area (Å²) in [4.78, 5) is 38.1. The first-order valence-corrected chi connectivity index (χ1v) is 29.7. The molecule has 6 heteroatoms. The highest BCUT2D eigenvalue weighted by Crippen LogP contribution is 2.14. The van der Waals surface area contributed by atoms with Gasteiger partial charge in [-0.1, -0.05) is 231 Å². The minimum atomic E-state index is -0.808. The number of carbonyl (C=O) groups excluding carboxylic acids is 3. The second kappa shape index (κ2) is 60.1. The molecular formula is C67H108O6. The van der Waals surface area contributed by atoms with Crippen molar-refractivity contribution in [2.45, 2.75) is 258 Å². The molecular weight excluding hydrogens is 901 g/mol. The van der Waals surface area contributed by atoms with E-state index in [0.717, 1.165) is 128 Å². The van der Waals surface area contributed by atoms with Crippen LogP contribution in [-0.4, -0.2) is 37.2 Å². The van der Waals surface area contributed by atoms with Crippen LogP contribution in [0.2, 0.25) is 0 Å². The van der Waals surface area contributed by atoms with Gasteiger partial charge >= 0.3 is 17.9 Å². The Balaban J connectivity index is 4.43. The number of hydrogen-bond acceptors (Lipinski definition) is 6. The Morgan fingerprint density at radius 1 is 0.288 bits per heavy atom. The second-order valence-corrected chi connectivity index (χ2v) is 19.2. The molecule has 0 saturated carbocycles.